The van der Waals surface area contributed by atoms with Crippen LogP contribution >= 0.6 is 0 Å². The fourth-order valence-corrected chi connectivity index (χ4v) is 1.89. The van der Waals surface area contributed by atoms with Gasteiger partial charge >= 0.3 is 5.97 Å². The molecular formula is C15H16N2O2. The van der Waals surface area contributed by atoms with Gasteiger partial charge in [-0.05, 0) is 35.7 Å². The Morgan fingerprint density at radius 3 is 2.84 bits per heavy atom. The molecule has 0 fully saturated rings. The number of nitrogens with one attached hydrogen (secondary N) is 1. The Labute approximate surface area is 112 Å². The lowest BCUT2D eigenvalue weighted by Gasteiger charge is -2.06. The molecule has 0 saturated carbocycles. The molecule has 0 radical (unpaired) electrons. The lowest BCUT2D eigenvalue weighted by atomic mass is 10.0. The van der Waals surface area contributed by atoms with Crippen LogP contribution in [0.3, 0.4) is 0 Å². The van der Waals surface area contributed by atoms with Crippen LogP contribution in [0.15, 0.2) is 42.7 Å². The molecule has 1 heterocycles. The molecule has 0 unspecified atom stereocenters. The fourth-order valence-electron chi connectivity index (χ4n) is 1.89. The molecule has 1 aromatic carbocycles. The van der Waals surface area contributed by atoms with Crippen LogP contribution in [0.2, 0.25) is 0 Å². The van der Waals surface area contributed by atoms with Crippen molar-refractivity contribution < 1.29 is 9.90 Å². The number of nitrogens with zero attached hydrogens (tertiary/aromatic N) is 1. The van der Waals surface area contributed by atoms with Crippen molar-refractivity contribution in [3.8, 4) is 11.1 Å². The summed E-state index contributed by atoms with van der Waals surface area (Å²) in [4.78, 5) is 14.6. The average molecular weight is 256 g/mol. The van der Waals surface area contributed by atoms with Crippen molar-refractivity contribution in [2.75, 3.05) is 6.54 Å². The Hall–Kier alpha value is -2.20. The zero-order valence-corrected chi connectivity index (χ0v) is 10.8. The van der Waals surface area contributed by atoms with Crippen molar-refractivity contribution in [3.63, 3.8) is 0 Å². The van der Waals surface area contributed by atoms with Gasteiger partial charge in [0.1, 0.15) is 0 Å². The molecule has 0 spiro atoms. The number of carbonyl (C=O) groups is 1. The lowest BCUT2D eigenvalue weighted by molar-refractivity contribution is -0.135. The molecule has 0 amide bonds. The van der Waals surface area contributed by atoms with Crippen molar-refractivity contribution in [1.29, 1.82) is 0 Å². The van der Waals surface area contributed by atoms with Crippen molar-refractivity contribution in [1.82, 2.24) is 10.3 Å². The second-order valence-corrected chi connectivity index (χ2v) is 4.45. The molecule has 19 heavy (non-hydrogen) atoms. The molecule has 2 N–H and O–H groups in total. The summed E-state index contributed by atoms with van der Waals surface area (Å²) in [6.07, 6.45) is 3.65. The number of benzene rings is 1. The van der Waals surface area contributed by atoms with E-state index in [0.29, 0.717) is 6.54 Å². The van der Waals surface area contributed by atoms with Crippen LogP contribution in [-0.4, -0.2) is 22.6 Å². The summed E-state index contributed by atoms with van der Waals surface area (Å²) in [5.41, 5.74) is 4.33. The van der Waals surface area contributed by atoms with E-state index >= 15 is 0 Å². The predicted molar refractivity (Wildman–Crippen MR) is 73.8 cm³/mol. The van der Waals surface area contributed by atoms with Crippen LogP contribution in [0, 0.1) is 6.92 Å². The second kappa shape index (κ2) is 6.11. The number of aryl methyl sites for hydroxylation is 1. The number of pyridine rings is 1. The zero-order valence-electron chi connectivity index (χ0n) is 10.8. The molecule has 0 bridgehead atoms. The molecule has 4 nitrogen and oxygen atoms in total. The summed E-state index contributed by atoms with van der Waals surface area (Å²) in [7, 11) is 0. The monoisotopic (exact) mass is 256 g/mol. The average Bonchev–Trinajstić information content (AvgIpc) is 2.39. The number of hydrogen-bond acceptors (Lipinski definition) is 3. The quantitative estimate of drug-likeness (QED) is 0.861. The summed E-state index contributed by atoms with van der Waals surface area (Å²) in [5.74, 6) is -0.848. The first-order chi connectivity index (χ1) is 9.15. The van der Waals surface area contributed by atoms with E-state index in [1.807, 2.05) is 43.6 Å². The first-order valence-corrected chi connectivity index (χ1v) is 6.08. The van der Waals surface area contributed by atoms with Crippen LogP contribution in [0.1, 0.15) is 11.1 Å². The maximum absolute atomic E-state index is 10.4. The number of aromatic nitrogens is 1. The smallest absolute Gasteiger partial charge is 0.317 e. The molecule has 0 atom stereocenters. The van der Waals surface area contributed by atoms with Crippen molar-refractivity contribution in [2.45, 2.75) is 13.5 Å². The summed E-state index contributed by atoms with van der Waals surface area (Å²) >= 11 is 0. The first kappa shape index (κ1) is 13.2. The third-order valence-electron chi connectivity index (χ3n) is 2.74. The fraction of sp³-hybridized carbons (Fsp3) is 0.200. The van der Waals surface area contributed by atoms with Gasteiger partial charge in [-0.15, -0.1) is 0 Å². The molecule has 0 aliphatic carbocycles. The summed E-state index contributed by atoms with van der Waals surface area (Å²) in [6.45, 7) is 2.52. The molecular weight excluding hydrogens is 240 g/mol. The van der Waals surface area contributed by atoms with E-state index in [-0.39, 0.29) is 6.54 Å². The van der Waals surface area contributed by atoms with Gasteiger partial charge in [-0.2, -0.15) is 0 Å². The third kappa shape index (κ3) is 3.89. The number of carboxylic acids is 1. The Balaban J connectivity index is 2.13. The van der Waals surface area contributed by atoms with Gasteiger partial charge < -0.3 is 10.4 Å². The van der Waals surface area contributed by atoms with Crippen LogP contribution in [0.4, 0.5) is 0 Å². The minimum absolute atomic E-state index is 0.0315. The van der Waals surface area contributed by atoms with Crippen LogP contribution in [0.5, 0.6) is 0 Å². The van der Waals surface area contributed by atoms with Crippen molar-refractivity contribution in [3.05, 3.63) is 53.9 Å². The Bertz CT molecular complexity index is 582. The summed E-state index contributed by atoms with van der Waals surface area (Å²) in [5, 5.41) is 11.5. The number of hydrogen-bond donors (Lipinski definition) is 2. The van der Waals surface area contributed by atoms with E-state index in [1.54, 1.807) is 0 Å². The Morgan fingerprint density at radius 1 is 1.26 bits per heavy atom. The van der Waals surface area contributed by atoms with E-state index in [9.17, 15) is 4.79 Å². The normalized spacial score (nSPS) is 10.4. The molecule has 0 saturated heterocycles. The SMILES string of the molecule is Cc1cncc(-c2cccc(CNCC(=O)O)c2)c1. The van der Waals surface area contributed by atoms with Gasteiger partial charge in [-0.25, -0.2) is 0 Å². The van der Waals surface area contributed by atoms with Gasteiger partial charge in [0.15, 0.2) is 0 Å². The van der Waals surface area contributed by atoms with Gasteiger partial charge in [0.05, 0.1) is 6.54 Å². The van der Waals surface area contributed by atoms with Crippen LogP contribution in [-0.2, 0) is 11.3 Å². The van der Waals surface area contributed by atoms with Crippen LogP contribution < -0.4 is 5.32 Å². The largest absolute Gasteiger partial charge is 0.480 e. The highest BCUT2D eigenvalue weighted by atomic mass is 16.4. The maximum Gasteiger partial charge on any atom is 0.317 e. The lowest BCUT2D eigenvalue weighted by Crippen LogP contribution is -2.21. The van der Waals surface area contributed by atoms with Gasteiger partial charge in [0, 0.05) is 24.5 Å². The van der Waals surface area contributed by atoms with Crippen molar-refractivity contribution in [2.24, 2.45) is 0 Å². The molecule has 0 aliphatic heterocycles. The Morgan fingerprint density at radius 2 is 2.11 bits per heavy atom. The van der Waals surface area contributed by atoms with Gasteiger partial charge in [0.25, 0.3) is 0 Å². The predicted octanol–water partition coefficient (Wildman–Crippen LogP) is 2.23. The van der Waals surface area contributed by atoms with Crippen molar-refractivity contribution >= 4 is 5.97 Å². The summed E-state index contributed by atoms with van der Waals surface area (Å²) < 4.78 is 0. The van der Waals surface area contributed by atoms with E-state index < -0.39 is 5.97 Å². The zero-order chi connectivity index (χ0) is 13.7. The third-order valence-corrected chi connectivity index (χ3v) is 2.74. The number of carboxylic acid groups (broad SMARTS) is 1. The van der Waals surface area contributed by atoms with E-state index in [4.69, 9.17) is 5.11 Å². The maximum atomic E-state index is 10.4. The molecule has 2 aromatic rings. The number of aliphatic carboxylic acids is 1. The van der Waals surface area contributed by atoms with Crippen LogP contribution in [0.25, 0.3) is 11.1 Å². The molecule has 2 rings (SSSR count). The standard InChI is InChI=1S/C15H16N2O2/c1-11-5-14(9-16-7-11)13-4-2-3-12(6-13)8-17-10-15(18)19/h2-7,9,17H,8,10H2,1H3,(H,18,19). The highest BCUT2D eigenvalue weighted by Gasteiger charge is 2.01. The molecule has 0 aliphatic rings. The molecule has 98 valence electrons. The minimum Gasteiger partial charge on any atom is -0.480 e. The summed E-state index contributed by atoms with van der Waals surface area (Å²) in [6, 6.07) is 10.1. The highest BCUT2D eigenvalue weighted by Crippen LogP contribution is 2.20. The topological polar surface area (TPSA) is 62.2 Å². The second-order valence-electron chi connectivity index (χ2n) is 4.45. The van der Waals surface area contributed by atoms with Gasteiger partial charge in [-0.3, -0.25) is 9.78 Å². The Kier molecular flexibility index (Phi) is 4.26. The highest BCUT2D eigenvalue weighted by molar-refractivity contribution is 5.69. The number of rotatable bonds is 5. The van der Waals surface area contributed by atoms with Gasteiger partial charge in [0.2, 0.25) is 0 Å². The van der Waals surface area contributed by atoms with E-state index in [2.05, 4.69) is 16.4 Å². The minimum atomic E-state index is -0.848. The van der Waals surface area contributed by atoms with Gasteiger partial charge in [-0.1, -0.05) is 18.2 Å². The van der Waals surface area contributed by atoms with E-state index in [1.165, 1.54) is 0 Å². The van der Waals surface area contributed by atoms with E-state index in [0.717, 1.165) is 22.3 Å². The molecule has 1 aromatic heterocycles. The first-order valence-electron chi connectivity index (χ1n) is 6.08. The molecule has 4 heteroatoms.